The number of aromatic nitrogens is 1. The molecule has 5 heteroatoms. The van der Waals surface area contributed by atoms with Gasteiger partial charge in [-0.15, -0.1) is 0 Å². The van der Waals surface area contributed by atoms with Crippen LogP contribution in [0.3, 0.4) is 0 Å². The summed E-state index contributed by atoms with van der Waals surface area (Å²) >= 11 is 0. The van der Waals surface area contributed by atoms with Gasteiger partial charge in [-0.3, -0.25) is 0 Å². The van der Waals surface area contributed by atoms with E-state index < -0.39 is 0 Å². The maximum Gasteiger partial charge on any atom is 0.298 e. The first-order valence-corrected chi connectivity index (χ1v) is 5.71. The summed E-state index contributed by atoms with van der Waals surface area (Å²) < 4.78 is 18.6. The van der Waals surface area contributed by atoms with Gasteiger partial charge in [-0.25, -0.2) is 4.39 Å². The molecule has 0 radical (unpaired) electrons. The van der Waals surface area contributed by atoms with E-state index in [-0.39, 0.29) is 12.4 Å². The quantitative estimate of drug-likeness (QED) is 0.881. The Hall–Kier alpha value is -1.62. The lowest BCUT2D eigenvalue weighted by molar-refractivity contribution is 0.298. The molecule has 0 unspecified atom stereocenters. The average molecular weight is 236 g/mol. The van der Waals surface area contributed by atoms with E-state index in [2.05, 4.69) is 4.98 Å². The molecular weight excluding hydrogens is 223 g/mol. The van der Waals surface area contributed by atoms with Crippen molar-refractivity contribution in [2.75, 3.05) is 18.1 Å². The number of aliphatic hydroxyl groups is 1. The third-order valence-corrected chi connectivity index (χ3v) is 2.91. The van der Waals surface area contributed by atoms with Gasteiger partial charge in [0.1, 0.15) is 11.3 Å². The molecule has 90 valence electrons. The Bertz CT molecular complexity index is 536. The number of aliphatic hydroxyl groups excluding tert-OH is 1. The largest absolute Gasteiger partial charge is 0.423 e. The summed E-state index contributed by atoms with van der Waals surface area (Å²) in [6, 6.07) is 5.16. The highest BCUT2D eigenvalue weighted by atomic mass is 19.1. The van der Waals surface area contributed by atoms with E-state index in [0.717, 1.165) is 12.8 Å². The fourth-order valence-electron chi connectivity index (χ4n) is 1.94. The average Bonchev–Trinajstić information content (AvgIpc) is 3.05. The van der Waals surface area contributed by atoms with Gasteiger partial charge < -0.3 is 14.4 Å². The van der Waals surface area contributed by atoms with Crippen LogP contribution in [0.2, 0.25) is 0 Å². The highest BCUT2D eigenvalue weighted by Crippen LogP contribution is 2.32. The van der Waals surface area contributed by atoms with Crippen molar-refractivity contribution in [3.63, 3.8) is 0 Å². The van der Waals surface area contributed by atoms with Crippen LogP contribution in [0, 0.1) is 5.82 Å². The van der Waals surface area contributed by atoms with Gasteiger partial charge >= 0.3 is 0 Å². The predicted molar refractivity (Wildman–Crippen MR) is 61.4 cm³/mol. The Morgan fingerprint density at radius 3 is 3.00 bits per heavy atom. The van der Waals surface area contributed by atoms with Crippen LogP contribution in [0.1, 0.15) is 12.8 Å². The van der Waals surface area contributed by atoms with Crippen LogP contribution in [-0.2, 0) is 0 Å². The van der Waals surface area contributed by atoms with Gasteiger partial charge in [0.05, 0.1) is 6.61 Å². The van der Waals surface area contributed by atoms with Crippen LogP contribution in [-0.4, -0.2) is 29.3 Å². The maximum absolute atomic E-state index is 13.0. The Morgan fingerprint density at radius 1 is 1.47 bits per heavy atom. The van der Waals surface area contributed by atoms with Crippen LogP contribution >= 0.6 is 0 Å². The Balaban J connectivity index is 1.98. The third-order valence-electron chi connectivity index (χ3n) is 2.91. The second kappa shape index (κ2) is 4.00. The molecule has 1 aromatic carbocycles. The number of fused-ring (bicyclic) bond motifs is 1. The predicted octanol–water partition coefficient (Wildman–Crippen LogP) is 1.93. The number of halogens is 1. The molecule has 0 atom stereocenters. The van der Waals surface area contributed by atoms with Crippen molar-refractivity contribution in [3.8, 4) is 0 Å². The molecule has 17 heavy (non-hydrogen) atoms. The fourth-order valence-corrected chi connectivity index (χ4v) is 1.94. The smallest absolute Gasteiger partial charge is 0.298 e. The van der Waals surface area contributed by atoms with E-state index in [1.165, 1.54) is 12.1 Å². The number of hydrogen-bond acceptors (Lipinski definition) is 4. The van der Waals surface area contributed by atoms with Crippen LogP contribution in [0.5, 0.6) is 0 Å². The summed E-state index contributed by atoms with van der Waals surface area (Å²) in [6.45, 7) is 0.559. The SMILES string of the molecule is OCCN(c1nc2cc(F)ccc2o1)C1CC1. The topological polar surface area (TPSA) is 49.5 Å². The summed E-state index contributed by atoms with van der Waals surface area (Å²) in [5, 5.41) is 9.02. The zero-order valence-corrected chi connectivity index (χ0v) is 9.27. The molecule has 1 fully saturated rings. The van der Waals surface area contributed by atoms with E-state index in [1.54, 1.807) is 6.07 Å². The van der Waals surface area contributed by atoms with Crippen LogP contribution in [0.15, 0.2) is 22.6 Å². The molecule has 1 heterocycles. The van der Waals surface area contributed by atoms with Gasteiger partial charge in [0.2, 0.25) is 0 Å². The van der Waals surface area contributed by atoms with Crippen molar-refractivity contribution in [3.05, 3.63) is 24.0 Å². The monoisotopic (exact) mass is 236 g/mol. The summed E-state index contributed by atoms with van der Waals surface area (Å²) in [6.07, 6.45) is 2.18. The number of rotatable bonds is 4. The van der Waals surface area contributed by atoms with Gasteiger partial charge in [-0.2, -0.15) is 4.98 Å². The van der Waals surface area contributed by atoms with Crippen LogP contribution in [0.4, 0.5) is 10.4 Å². The normalized spacial score (nSPS) is 15.4. The first-order valence-electron chi connectivity index (χ1n) is 5.71. The molecule has 1 saturated carbocycles. The first-order chi connectivity index (χ1) is 8.28. The standard InChI is InChI=1S/C12H13FN2O2/c13-8-1-4-11-10(7-8)14-12(17-11)15(5-6-16)9-2-3-9/h1,4,7,9,16H,2-3,5-6H2. The second-order valence-corrected chi connectivity index (χ2v) is 4.26. The minimum Gasteiger partial charge on any atom is -0.423 e. The van der Waals surface area contributed by atoms with Crippen molar-refractivity contribution >= 4 is 17.1 Å². The van der Waals surface area contributed by atoms with Crippen LogP contribution < -0.4 is 4.90 Å². The van der Waals surface area contributed by atoms with Gasteiger partial charge in [0, 0.05) is 18.7 Å². The molecule has 2 aromatic rings. The first kappa shape index (κ1) is 10.5. The van der Waals surface area contributed by atoms with Gasteiger partial charge in [0.15, 0.2) is 5.58 Å². The molecule has 0 bridgehead atoms. The number of nitrogens with zero attached hydrogens (tertiary/aromatic N) is 2. The lowest BCUT2D eigenvalue weighted by Gasteiger charge is -2.18. The molecule has 3 rings (SSSR count). The van der Waals surface area contributed by atoms with Crippen LogP contribution in [0.25, 0.3) is 11.1 Å². The summed E-state index contributed by atoms with van der Waals surface area (Å²) in [4.78, 5) is 6.20. The number of anilines is 1. The van der Waals surface area contributed by atoms with E-state index in [1.807, 2.05) is 4.90 Å². The molecule has 1 aromatic heterocycles. The zero-order valence-electron chi connectivity index (χ0n) is 9.27. The minimum atomic E-state index is -0.322. The lowest BCUT2D eigenvalue weighted by atomic mass is 10.3. The van der Waals surface area contributed by atoms with E-state index in [4.69, 9.17) is 9.52 Å². The van der Waals surface area contributed by atoms with Gasteiger partial charge in [-0.05, 0) is 25.0 Å². The lowest BCUT2D eigenvalue weighted by Crippen LogP contribution is -2.29. The summed E-state index contributed by atoms with van der Waals surface area (Å²) in [5.74, 6) is -0.322. The summed E-state index contributed by atoms with van der Waals surface area (Å²) in [5.41, 5.74) is 1.09. The third kappa shape index (κ3) is 1.98. The van der Waals surface area contributed by atoms with E-state index >= 15 is 0 Å². The highest BCUT2D eigenvalue weighted by Gasteiger charge is 2.31. The molecule has 0 spiro atoms. The number of oxazole rings is 1. The van der Waals surface area contributed by atoms with Crippen molar-refractivity contribution < 1.29 is 13.9 Å². The molecule has 0 saturated heterocycles. The Kier molecular flexibility index (Phi) is 2.48. The second-order valence-electron chi connectivity index (χ2n) is 4.26. The number of benzene rings is 1. The summed E-state index contributed by atoms with van der Waals surface area (Å²) in [7, 11) is 0. The van der Waals surface area contributed by atoms with Crippen molar-refractivity contribution in [2.45, 2.75) is 18.9 Å². The fraction of sp³-hybridized carbons (Fsp3) is 0.417. The molecule has 1 aliphatic rings. The van der Waals surface area contributed by atoms with Gasteiger partial charge in [-0.1, -0.05) is 0 Å². The van der Waals surface area contributed by atoms with E-state index in [9.17, 15) is 4.39 Å². The highest BCUT2D eigenvalue weighted by molar-refractivity contribution is 5.74. The van der Waals surface area contributed by atoms with Crippen molar-refractivity contribution in [2.24, 2.45) is 0 Å². The zero-order chi connectivity index (χ0) is 11.8. The molecule has 0 aliphatic heterocycles. The molecule has 0 amide bonds. The van der Waals surface area contributed by atoms with Gasteiger partial charge in [0.25, 0.3) is 6.01 Å². The van der Waals surface area contributed by atoms with E-state index in [0.29, 0.717) is 29.7 Å². The molecule has 1 N–H and O–H groups in total. The molecule has 4 nitrogen and oxygen atoms in total. The molecule has 1 aliphatic carbocycles. The van der Waals surface area contributed by atoms with Crippen molar-refractivity contribution in [1.82, 2.24) is 4.98 Å². The number of hydrogen-bond donors (Lipinski definition) is 1. The Morgan fingerprint density at radius 2 is 2.29 bits per heavy atom. The van der Waals surface area contributed by atoms with Crippen molar-refractivity contribution in [1.29, 1.82) is 0 Å². The Labute approximate surface area is 97.7 Å². The maximum atomic E-state index is 13.0. The molecular formula is C12H13FN2O2. The minimum absolute atomic E-state index is 0.0591.